The molecule has 0 aliphatic carbocycles. The molecule has 0 atom stereocenters. The molecule has 2 aromatic heterocycles. The number of hydrogen-bond donors (Lipinski definition) is 2. The molecule has 0 fully saturated rings. The van der Waals surface area contributed by atoms with Crippen LogP contribution in [0.3, 0.4) is 0 Å². The summed E-state index contributed by atoms with van der Waals surface area (Å²) in [7, 11) is -3.73. The molecule has 0 spiro atoms. The van der Waals surface area contributed by atoms with Gasteiger partial charge in [0.15, 0.2) is 5.03 Å². The number of rotatable bonds is 5. The molecule has 0 unspecified atom stereocenters. The van der Waals surface area contributed by atoms with E-state index in [9.17, 15) is 13.2 Å². The van der Waals surface area contributed by atoms with Crippen LogP contribution in [0.15, 0.2) is 40.2 Å². The molecule has 0 aliphatic rings. The van der Waals surface area contributed by atoms with Gasteiger partial charge in [-0.2, -0.15) is 11.3 Å². The van der Waals surface area contributed by atoms with E-state index in [-0.39, 0.29) is 17.1 Å². The molecule has 2 aromatic rings. The van der Waals surface area contributed by atoms with Crippen LogP contribution < -0.4 is 4.72 Å². The Labute approximate surface area is 113 Å². The summed E-state index contributed by atoms with van der Waals surface area (Å²) in [5, 5.41) is 12.2. The average molecular weight is 298 g/mol. The Bertz CT molecular complexity index is 663. The van der Waals surface area contributed by atoms with E-state index >= 15 is 0 Å². The van der Waals surface area contributed by atoms with Gasteiger partial charge in [-0.3, -0.25) is 0 Å². The van der Waals surface area contributed by atoms with Crippen molar-refractivity contribution in [1.29, 1.82) is 0 Å². The highest BCUT2D eigenvalue weighted by molar-refractivity contribution is 7.89. The first-order valence-corrected chi connectivity index (χ1v) is 7.62. The molecule has 100 valence electrons. The fourth-order valence-electron chi connectivity index (χ4n) is 1.31. The Morgan fingerprint density at radius 1 is 1.37 bits per heavy atom. The minimum Gasteiger partial charge on any atom is -0.478 e. The SMILES string of the molecule is O=C(O)c1ccc(S(=O)(=O)NCc2ccsc2)nc1. The Hall–Kier alpha value is -1.77. The van der Waals surface area contributed by atoms with Gasteiger partial charge in [-0.05, 0) is 34.5 Å². The molecule has 0 saturated heterocycles. The summed E-state index contributed by atoms with van der Waals surface area (Å²) in [6, 6.07) is 4.18. The van der Waals surface area contributed by atoms with Crippen molar-refractivity contribution in [2.24, 2.45) is 0 Å². The molecular weight excluding hydrogens is 288 g/mol. The third kappa shape index (κ3) is 3.37. The highest BCUT2D eigenvalue weighted by atomic mass is 32.2. The molecule has 0 aliphatic heterocycles. The number of sulfonamides is 1. The quantitative estimate of drug-likeness (QED) is 0.867. The minimum absolute atomic E-state index is 0.0585. The number of carboxylic acid groups (broad SMARTS) is 1. The predicted molar refractivity (Wildman–Crippen MR) is 69.5 cm³/mol. The minimum atomic E-state index is -3.73. The zero-order valence-electron chi connectivity index (χ0n) is 9.61. The Morgan fingerprint density at radius 3 is 2.68 bits per heavy atom. The fourth-order valence-corrected chi connectivity index (χ4v) is 2.92. The van der Waals surface area contributed by atoms with Gasteiger partial charge < -0.3 is 5.11 Å². The molecule has 0 saturated carbocycles. The molecule has 6 nitrogen and oxygen atoms in total. The summed E-state index contributed by atoms with van der Waals surface area (Å²) in [6.45, 7) is 0.175. The molecule has 0 bridgehead atoms. The summed E-state index contributed by atoms with van der Waals surface area (Å²) in [6.07, 6.45) is 1.02. The summed E-state index contributed by atoms with van der Waals surface area (Å²) < 4.78 is 26.2. The maximum Gasteiger partial charge on any atom is 0.337 e. The van der Waals surface area contributed by atoms with Crippen molar-refractivity contribution in [3.05, 3.63) is 46.3 Å². The highest BCUT2D eigenvalue weighted by Gasteiger charge is 2.16. The maximum absolute atomic E-state index is 11.9. The summed E-state index contributed by atoms with van der Waals surface area (Å²) in [4.78, 5) is 14.3. The van der Waals surface area contributed by atoms with Crippen LogP contribution in [0, 0.1) is 0 Å². The molecule has 8 heteroatoms. The van der Waals surface area contributed by atoms with Gasteiger partial charge in [0.2, 0.25) is 0 Å². The smallest absolute Gasteiger partial charge is 0.337 e. The van der Waals surface area contributed by atoms with Crippen LogP contribution in [-0.4, -0.2) is 24.5 Å². The van der Waals surface area contributed by atoms with Crippen LogP contribution in [-0.2, 0) is 16.6 Å². The molecule has 0 radical (unpaired) electrons. The van der Waals surface area contributed by atoms with Gasteiger partial charge in [0.05, 0.1) is 5.56 Å². The number of aromatic carboxylic acids is 1. The van der Waals surface area contributed by atoms with Crippen molar-refractivity contribution in [2.75, 3.05) is 0 Å². The van der Waals surface area contributed by atoms with Crippen molar-refractivity contribution in [3.63, 3.8) is 0 Å². The van der Waals surface area contributed by atoms with Gasteiger partial charge in [0.1, 0.15) is 0 Å². The molecule has 2 heterocycles. The van der Waals surface area contributed by atoms with Crippen molar-refractivity contribution in [2.45, 2.75) is 11.6 Å². The standard InChI is InChI=1S/C11H10N2O4S2/c14-11(15)9-1-2-10(12-6-9)19(16,17)13-5-8-3-4-18-7-8/h1-4,6-7,13H,5H2,(H,14,15). The Balaban J connectivity index is 2.13. The monoisotopic (exact) mass is 298 g/mol. The van der Waals surface area contributed by atoms with Crippen molar-refractivity contribution in [1.82, 2.24) is 9.71 Å². The second-order valence-electron chi connectivity index (χ2n) is 3.65. The van der Waals surface area contributed by atoms with Crippen LogP contribution >= 0.6 is 11.3 Å². The zero-order valence-corrected chi connectivity index (χ0v) is 11.2. The first-order valence-electron chi connectivity index (χ1n) is 5.19. The van der Waals surface area contributed by atoms with E-state index in [4.69, 9.17) is 5.11 Å². The van der Waals surface area contributed by atoms with E-state index in [1.807, 2.05) is 16.8 Å². The third-order valence-electron chi connectivity index (χ3n) is 2.31. The number of pyridine rings is 1. The van der Waals surface area contributed by atoms with E-state index in [1.54, 1.807) is 0 Å². The third-order valence-corrected chi connectivity index (χ3v) is 4.35. The number of carboxylic acids is 1. The number of hydrogen-bond acceptors (Lipinski definition) is 5. The topological polar surface area (TPSA) is 96.4 Å². The van der Waals surface area contributed by atoms with Crippen molar-refractivity contribution < 1.29 is 18.3 Å². The first-order chi connectivity index (χ1) is 8.99. The molecule has 19 heavy (non-hydrogen) atoms. The number of aromatic nitrogens is 1. The number of carbonyl (C=O) groups is 1. The highest BCUT2D eigenvalue weighted by Crippen LogP contribution is 2.09. The van der Waals surface area contributed by atoms with Gasteiger partial charge >= 0.3 is 5.97 Å². The average Bonchev–Trinajstić information content (AvgIpc) is 2.90. The molecule has 0 amide bonds. The summed E-state index contributed by atoms with van der Waals surface area (Å²) in [5.41, 5.74) is 0.799. The number of nitrogens with one attached hydrogen (secondary N) is 1. The van der Waals surface area contributed by atoms with Gasteiger partial charge in [-0.1, -0.05) is 0 Å². The van der Waals surface area contributed by atoms with E-state index < -0.39 is 16.0 Å². The zero-order chi connectivity index (χ0) is 13.9. The van der Waals surface area contributed by atoms with Crippen LogP contribution in [0.25, 0.3) is 0 Å². The molecular formula is C11H10N2O4S2. The lowest BCUT2D eigenvalue weighted by Gasteiger charge is -2.05. The second kappa shape index (κ2) is 5.47. The molecule has 2 N–H and O–H groups in total. The Kier molecular flexibility index (Phi) is 3.93. The number of thiophene rings is 1. The first kappa shape index (κ1) is 13.7. The van der Waals surface area contributed by atoms with Crippen LogP contribution in [0.4, 0.5) is 0 Å². The largest absolute Gasteiger partial charge is 0.478 e. The second-order valence-corrected chi connectivity index (χ2v) is 6.14. The van der Waals surface area contributed by atoms with Crippen molar-refractivity contribution in [3.8, 4) is 0 Å². The van der Waals surface area contributed by atoms with Gasteiger partial charge in [0, 0.05) is 12.7 Å². The Morgan fingerprint density at radius 2 is 2.16 bits per heavy atom. The molecule has 0 aromatic carbocycles. The maximum atomic E-state index is 11.9. The van der Waals surface area contributed by atoms with E-state index in [2.05, 4.69) is 9.71 Å². The molecule has 2 rings (SSSR count). The van der Waals surface area contributed by atoms with Gasteiger partial charge in [-0.15, -0.1) is 0 Å². The summed E-state index contributed by atoms with van der Waals surface area (Å²) >= 11 is 1.48. The normalized spacial score (nSPS) is 11.4. The summed E-state index contributed by atoms with van der Waals surface area (Å²) in [5.74, 6) is -1.15. The lowest BCUT2D eigenvalue weighted by molar-refractivity contribution is 0.0696. The lowest BCUT2D eigenvalue weighted by atomic mass is 10.3. The van der Waals surface area contributed by atoms with E-state index in [0.717, 1.165) is 11.8 Å². The van der Waals surface area contributed by atoms with Crippen LogP contribution in [0.1, 0.15) is 15.9 Å². The van der Waals surface area contributed by atoms with Crippen molar-refractivity contribution >= 4 is 27.3 Å². The van der Waals surface area contributed by atoms with Gasteiger partial charge in [0.25, 0.3) is 10.0 Å². The van der Waals surface area contributed by atoms with E-state index in [1.165, 1.54) is 23.5 Å². The van der Waals surface area contributed by atoms with Crippen LogP contribution in [0.2, 0.25) is 0 Å². The number of nitrogens with zero attached hydrogens (tertiary/aromatic N) is 1. The lowest BCUT2D eigenvalue weighted by Crippen LogP contribution is -2.24. The van der Waals surface area contributed by atoms with Gasteiger partial charge in [-0.25, -0.2) is 22.9 Å². The predicted octanol–water partition coefficient (Wildman–Crippen LogP) is 1.32. The fraction of sp³-hybridized carbons (Fsp3) is 0.0909. The van der Waals surface area contributed by atoms with Crippen LogP contribution in [0.5, 0.6) is 0 Å². The van der Waals surface area contributed by atoms with E-state index in [0.29, 0.717) is 0 Å².